The van der Waals surface area contributed by atoms with Gasteiger partial charge in [-0.1, -0.05) is 11.6 Å². The van der Waals surface area contributed by atoms with E-state index in [1.807, 2.05) is 0 Å². The quantitative estimate of drug-likeness (QED) is 0.586. The van der Waals surface area contributed by atoms with Gasteiger partial charge in [-0.05, 0) is 26.0 Å². The van der Waals surface area contributed by atoms with Crippen molar-refractivity contribution >= 4 is 23.7 Å². The van der Waals surface area contributed by atoms with Gasteiger partial charge >= 0.3 is 0 Å². The lowest BCUT2D eigenvalue weighted by atomic mass is 10.1. The van der Waals surface area contributed by atoms with E-state index in [2.05, 4.69) is 0 Å². The molecule has 0 unspecified atom stereocenters. The summed E-state index contributed by atoms with van der Waals surface area (Å²) in [6.45, 7) is 3.65. The van der Waals surface area contributed by atoms with E-state index in [-0.39, 0.29) is 10.8 Å². The average Bonchev–Trinajstić information content (AvgIpc) is 2.20. The van der Waals surface area contributed by atoms with Crippen molar-refractivity contribution in [3.05, 3.63) is 28.3 Å². The molecule has 0 aliphatic heterocycles. The molecule has 0 aliphatic carbocycles. The zero-order chi connectivity index (χ0) is 11.4. The van der Waals surface area contributed by atoms with Gasteiger partial charge in [-0.15, -0.1) is 0 Å². The van der Waals surface area contributed by atoms with Gasteiger partial charge in [0.05, 0.1) is 17.2 Å². The van der Waals surface area contributed by atoms with Crippen LogP contribution < -0.4 is 4.74 Å². The van der Waals surface area contributed by atoms with E-state index in [9.17, 15) is 9.59 Å². The first-order valence-electron chi connectivity index (χ1n) is 4.52. The molecule has 15 heavy (non-hydrogen) atoms. The first-order valence-corrected chi connectivity index (χ1v) is 4.90. The average molecular weight is 227 g/mol. The van der Waals surface area contributed by atoms with E-state index >= 15 is 0 Å². The SMILES string of the molecule is CCOc1cc(C(C)=O)c(Cl)cc1C=O. The van der Waals surface area contributed by atoms with E-state index < -0.39 is 0 Å². The van der Waals surface area contributed by atoms with Crippen molar-refractivity contribution in [3.63, 3.8) is 0 Å². The van der Waals surface area contributed by atoms with Crippen LogP contribution in [0.4, 0.5) is 0 Å². The number of benzene rings is 1. The molecule has 0 saturated carbocycles. The lowest BCUT2D eigenvalue weighted by Gasteiger charge is -2.08. The summed E-state index contributed by atoms with van der Waals surface area (Å²) < 4.78 is 5.23. The van der Waals surface area contributed by atoms with Gasteiger partial charge in [0, 0.05) is 5.56 Å². The van der Waals surface area contributed by atoms with Crippen LogP contribution in [0.25, 0.3) is 0 Å². The predicted octanol–water partition coefficient (Wildman–Crippen LogP) is 2.75. The molecule has 1 aromatic rings. The van der Waals surface area contributed by atoms with Crippen LogP contribution in [-0.4, -0.2) is 18.7 Å². The van der Waals surface area contributed by atoms with Crippen LogP contribution in [0.2, 0.25) is 5.02 Å². The van der Waals surface area contributed by atoms with Crippen molar-refractivity contribution in [2.24, 2.45) is 0 Å². The third-order valence-corrected chi connectivity index (χ3v) is 2.22. The summed E-state index contributed by atoms with van der Waals surface area (Å²) >= 11 is 5.84. The molecule has 0 N–H and O–H groups in total. The Morgan fingerprint density at radius 1 is 1.53 bits per heavy atom. The second kappa shape index (κ2) is 4.94. The Morgan fingerprint density at radius 3 is 2.67 bits per heavy atom. The molecule has 80 valence electrons. The third-order valence-electron chi connectivity index (χ3n) is 1.91. The van der Waals surface area contributed by atoms with E-state index in [1.165, 1.54) is 19.1 Å². The molecule has 0 atom stereocenters. The lowest BCUT2D eigenvalue weighted by Crippen LogP contribution is -2.00. The van der Waals surface area contributed by atoms with Crippen molar-refractivity contribution in [2.75, 3.05) is 6.61 Å². The van der Waals surface area contributed by atoms with Crippen LogP contribution >= 0.6 is 11.6 Å². The zero-order valence-corrected chi connectivity index (χ0v) is 9.30. The molecule has 0 aliphatic rings. The molecule has 0 bridgehead atoms. The monoisotopic (exact) mass is 226 g/mol. The number of hydrogen-bond donors (Lipinski definition) is 0. The van der Waals surface area contributed by atoms with Crippen LogP contribution in [0.1, 0.15) is 34.6 Å². The summed E-state index contributed by atoms with van der Waals surface area (Å²) in [6, 6.07) is 2.94. The summed E-state index contributed by atoms with van der Waals surface area (Å²) in [7, 11) is 0. The summed E-state index contributed by atoms with van der Waals surface area (Å²) in [6.07, 6.45) is 0.654. The fourth-order valence-electron chi connectivity index (χ4n) is 1.21. The fraction of sp³-hybridized carbons (Fsp3) is 0.273. The van der Waals surface area contributed by atoms with Crippen molar-refractivity contribution in [2.45, 2.75) is 13.8 Å². The molecular formula is C11H11ClO3. The minimum absolute atomic E-state index is 0.154. The molecule has 4 heteroatoms. The Bertz CT molecular complexity index is 399. The van der Waals surface area contributed by atoms with E-state index in [0.717, 1.165) is 0 Å². The number of carbonyl (C=O) groups is 2. The Hall–Kier alpha value is -1.35. The number of ether oxygens (including phenoxy) is 1. The summed E-state index contributed by atoms with van der Waals surface area (Å²) in [5.41, 5.74) is 0.720. The maximum atomic E-state index is 11.2. The predicted molar refractivity (Wildman–Crippen MR) is 58.0 cm³/mol. The summed E-state index contributed by atoms with van der Waals surface area (Å²) in [5, 5.41) is 0.271. The van der Waals surface area contributed by atoms with Crippen LogP contribution in [0.5, 0.6) is 5.75 Å². The molecule has 1 aromatic carbocycles. The number of hydrogen-bond acceptors (Lipinski definition) is 3. The van der Waals surface area contributed by atoms with Gasteiger partial charge in [0.1, 0.15) is 5.75 Å². The maximum Gasteiger partial charge on any atom is 0.161 e. The molecule has 0 amide bonds. The first-order chi connectivity index (χ1) is 7.10. The van der Waals surface area contributed by atoms with Gasteiger partial charge in [0.2, 0.25) is 0 Å². The zero-order valence-electron chi connectivity index (χ0n) is 8.54. The van der Waals surface area contributed by atoms with Crippen LogP contribution in [-0.2, 0) is 0 Å². The third kappa shape index (κ3) is 2.57. The molecule has 0 spiro atoms. The van der Waals surface area contributed by atoms with Gasteiger partial charge in [-0.25, -0.2) is 0 Å². The molecule has 0 aromatic heterocycles. The minimum atomic E-state index is -0.154. The number of halogens is 1. The number of carbonyl (C=O) groups excluding carboxylic acids is 2. The molecule has 0 saturated heterocycles. The smallest absolute Gasteiger partial charge is 0.161 e. The largest absolute Gasteiger partial charge is 0.493 e. The molecule has 3 nitrogen and oxygen atoms in total. The maximum absolute atomic E-state index is 11.2. The molecular weight excluding hydrogens is 216 g/mol. The Labute approximate surface area is 93.0 Å². The fourth-order valence-corrected chi connectivity index (χ4v) is 1.52. The highest BCUT2D eigenvalue weighted by Gasteiger charge is 2.11. The Morgan fingerprint density at radius 2 is 2.20 bits per heavy atom. The Kier molecular flexibility index (Phi) is 3.86. The van der Waals surface area contributed by atoms with Gasteiger partial charge in [0.15, 0.2) is 12.1 Å². The van der Waals surface area contributed by atoms with E-state index in [4.69, 9.17) is 16.3 Å². The number of Topliss-reactive ketones (excluding diaryl/α,β-unsaturated/α-hetero) is 1. The van der Waals surface area contributed by atoms with Gasteiger partial charge in [-0.3, -0.25) is 9.59 Å². The van der Waals surface area contributed by atoms with Crippen LogP contribution in [0.15, 0.2) is 12.1 Å². The summed E-state index contributed by atoms with van der Waals surface area (Å²) in [5.74, 6) is 0.237. The number of aldehydes is 1. The highest BCUT2D eigenvalue weighted by atomic mass is 35.5. The molecule has 0 fully saturated rings. The second-order valence-electron chi connectivity index (χ2n) is 2.98. The highest BCUT2D eigenvalue weighted by molar-refractivity contribution is 6.34. The second-order valence-corrected chi connectivity index (χ2v) is 3.38. The minimum Gasteiger partial charge on any atom is -0.493 e. The number of rotatable bonds is 4. The van der Waals surface area contributed by atoms with E-state index in [0.29, 0.717) is 29.8 Å². The molecule has 0 radical (unpaired) electrons. The van der Waals surface area contributed by atoms with Crippen LogP contribution in [0.3, 0.4) is 0 Å². The molecule has 0 heterocycles. The van der Waals surface area contributed by atoms with Gasteiger partial charge < -0.3 is 4.74 Å². The Balaban J connectivity index is 3.29. The van der Waals surface area contributed by atoms with Crippen molar-refractivity contribution < 1.29 is 14.3 Å². The normalized spacial score (nSPS) is 9.80. The van der Waals surface area contributed by atoms with Crippen LogP contribution in [0, 0.1) is 0 Å². The van der Waals surface area contributed by atoms with Crippen molar-refractivity contribution in [1.82, 2.24) is 0 Å². The van der Waals surface area contributed by atoms with E-state index in [1.54, 1.807) is 6.92 Å². The van der Waals surface area contributed by atoms with Crippen molar-refractivity contribution in [3.8, 4) is 5.75 Å². The molecule has 1 rings (SSSR count). The number of ketones is 1. The highest BCUT2D eigenvalue weighted by Crippen LogP contribution is 2.26. The lowest BCUT2D eigenvalue weighted by molar-refractivity contribution is 0.101. The van der Waals surface area contributed by atoms with Gasteiger partial charge in [-0.2, -0.15) is 0 Å². The first kappa shape index (κ1) is 11.7. The standard InChI is InChI=1S/C11H11ClO3/c1-3-15-11-5-9(7(2)14)10(12)4-8(11)6-13/h4-6H,3H2,1-2H3. The summed E-state index contributed by atoms with van der Waals surface area (Å²) in [4.78, 5) is 21.9. The topological polar surface area (TPSA) is 43.4 Å². The van der Waals surface area contributed by atoms with Crippen molar-refractivity contribution in [1.29, 1.82) is 0 Å². The van der Waals surface area contributed by atoms with Gasteiger partial charge in [0.25, 0.3) is 0 Å².